The van der Waals surface area contributed by atoms with Crippen LogP contribution in [0.5, 0.6) is 0 Å². The van der Waals surface area contributed by atoms with Crippen LogP contribution in [0.2, 0.25) is 0 Å². The van der Waals surface area contributed by atoms with Crippen molar-refractivity contribution in [2.75, 3.05) is 33.7 Å². The van der Waals surface area contributed by atoms with Gasteiger partial charge in [0.05, 0.1) is 17.5 Å². The van der Waals surface area contributed by atoms with E-state index in [1.54, 1.807) is 23.7 Å². The van der Waals surface area contributed by atoms with Gasteiger partial charge in [-0.25, -0.2) is 4.68 Å². The van der Waals surface area contributed by atoms with Gasteiger partial charge in [-0.05, 0) is 17.7 Å². The molecule has 3 heterocycles. The van der Waals surface area contributed by atoms with Gasteiger partial charge in [-0.1, -0.05) is 11.3 Å². The number of benzene rings is 1. The third-order valence-electron chi connectivity index (χ3n) is 5.41. The third-order valence-corrected chi connectivity index (χ3v) is 5.41. The first kappa shape index (κ1) is 17.0. The van der Waals surface area contributed by atoms with Gasteiger partial charge in [0.2, 0.25) is 11.8 Å². The Balaban J connectivity index is 1.33. The van der Waals surface area contributed by atoms with Crippen molar-refractivity contribution in [3.63, 3.8) is 0 Å². The Kier molecular flexibility index (Phi) is 4.14. The molecular weight excluding hydrogens is 332 g/mol. The summed E-state index contributed by atoms with van der Waals surface area (Å²) in [6.45, 7) is 3.10. The van der Waals surface area contributed by atoms with Crippen molar-refractivity contribution in [2.45, 2.75) is 19.0 Å². The molecule has 2 aliphatic heterocycles. The van der Waals surface area contributed by atoms with Crippen molar-refractivity contribution in [1.29, 1.82) is 0 Å². The van der Waals surface area contributed by atoms with Crippen LogP contribution in [0.25, 0.3) is 11.0 Å². The zero-order valence-electron chi connectivity index (χ0n) is 15.4. The molecule has 4 rings (SSSR count). The number of carbonyl (C=O) groups excluding carboxylic acids is 2. The van der Waals surface area contributed by atoms with Gasteiger partial charge in [0, 0.05) is 53.7 Å². The molecule has 8 nitrogen and oxygen atoms in total. The van der Waals surface area contributed by atoms with E-state index in [-0.39, 0.29) is 23.8 Å². The van der Waals surface area contributed by atoms with Crippen molar-refractivity contribution < 1.29 is 9.59 Å². The molecule has 2 saturated heterocycles. The van der Waals surface area contributed by atoms with Gasteiger partial charge in [0.25, 0.3) is 0 Å². The molecule has 2 fully saturated rings. The molecule has 0 bridgehead atoms. The Morgan fingerprint density at radius 2 is 2.04 bits per heavy atom. The first-order valence-electron chi connectivity index (χ1n) is 8.93. The molecule has 26 heavy (non-hydrogen) atoms. The van der Waals surface area contributed by atoms with Crippen LogP contribution in [0.4, 0.5) is 0 Å². The van der Waals surface area contributed by atoms with Gasteiger partial charge in [0.15, 0.2) is 0 Å². The minimum absolute atomic E-state index is 0.0503. The molecule has 2 aliphatic rings. The van der Waals surface area contributed by atoms with E-state index in [0.717, 1.165) is 30.7 Å². The minimum atomic E-state index is -0.189. The fourth-order valence-corrected chi connectivity index (χ4v) is 3.93. The lowest BCUT2D eigenvalue weighted by Crippen LogP contribution is -2.59. The molecule has 1 aromatic heterocycles. The monoisotopic (exact) mass is 356 g/mol. The molecule has 0 radical (unpaired) electrons. The quantitative estimate of drug-likeness (QED) is 0.776. The van der Waals surface area contributed by atoms with Crippen molar-refractivity contribution in [2.24, 2.45) is 13.0 Å². The Morgan fingerprint density at radius 1 is 1.27 bits per heavy atom. The van der Waals surface area contributed by atoms with Crippen molar-refractivity contribution in [3.05, 3.63) is 23.8 Å². The smallest absolute Gasteiger partial charge is 0.227 e. The summed E-state index contributed by atoms with van der Waals surface area (Å²) in [7, 11) is 5.37. The van der Waals surface area contributed by atoms with E-state index in [9.17, 15) is 9.59 Å². The first-order valence-corrected chi connectivity index (χ1v) is 8.93. The van der Waals surface area contributed by atoms with Crippen LogP contribution in [-0.2, 0) is 23.2 Å². The summed E-state index contributed by atoms with van der Waals surface area (Å²) >= 11 is 0. The second-order valence-corrected chi connectivity index (χ2v) is 7.56. The molecule has 0 aliphatic carbocycles. The number of nitrogens with zero attached hydrogens (tertiary/aromatic N) is 6. The topological polar surface area (TPSA) is 74.6 Å². The summed E-state index contributed by atoms with van der Waals surface area (Å²) in [4.78, 5) is 30.2. The van der Waals surface area contributed by atoms with E-state index in [2.05, 4.69) is 27.3 Å². The normalized spacial score (nSPS) is 21.4. The summed E-state index contributed by atoms with van der Waals surface area (Å²) < 4.78 is 1.77. The highest BCUT2D eigenvalue weighted by molar-refractivity contribution is 5.89. The molecular formula is C18H24N6O2. The third kappa shape index (κ3) is 2.94. The molecule has 8 heteroatoms. The van der Waals surface area contributed by atoms with Crippen LogP contribution in [-0.4, -0.2) is 81.3 Å². The Hall–Kier alpha value is -2.48. The molecule has 0 saturated carbocycles. The molecule has 0 N–H and O–H groups in total. The lowest BCUT2D eigenvalue weighted by Gasteiger charge is -2.44. The second-order valence-electron chi connectivity index (χ2n) is 7.56. The van der Waals surface area contributed by atoms with Crippen LogP contribution in [0.3, 0.4) is 0 Å². The summed E-state index contributed by atoms with van der Waals surface area (Å²) in [5, 5.41) is 8.20. The Morgan fingerprint density at radius 3 is 2.77 bits per heavy atom. The summed E-state index contributed by atoms with van der Waals surface area (Å²) in [6, 6.07) is 6.44. The lowest BCUT2D eigenvalue weighted by molar-refractivity contribution is -0.134. The van der Waals surface area contributed by atoms with E-state index in [1.165, 1.54) is 5.56 Å². The molecule has 1 unspecified atom stereocenters. The van der Waals surface area contributed by atoms with Gasteiger partial charge in [-0.15, -0.1) is 5.10 Å². The molecule has 0 spiro atoms. The standard InChI is InChI=1S/C18H24N6O2/c1-21(2)18(26)13-7-17(25)24(9-13)14-10-23(11-14)8-12-4-5-16-15(6-12)19-20-22(16)3/h4-6,13-14H,7-11H2,1-3H3. The highest BCUT2D eigenvalue weighted by Gasteiger charge is 2.42. The number of aromatic nitrogens is 3. The summed E-state index contributed by atoms with van der Waals surface area (Å²) in [5.41, 5.74) is 3.13. The number of fused-ring (bicyclic) bond motifs is 1. The highest BCUT2D eigenvalue weighted by atomic mass is 16.2. The van der Waals surface area contributed by atoms with E-state index in [4.69, 9.17) is 0 Å². The van der Waals surface area contributed by atoms with Crippen LogP contribution in [0.1, 0.15) is 12.0 Å². The van der Waals surface area contributed by atoms with Gasteiger partial charge in [0.1, 0.15) is 5.52 Å². The fourth-order valence-electron chi connectivity index (χ4n) is 3.93. The maximum Gasteiger partial charge on any atom is 0.227 e. The largest absolute Gasteiger partial charge is 0.349 e. The second kappa shape index (κ2) is 6.35. The number of likely N-dealkylation sites (tertiary alicyclic amines) is 2. The van der Waals surface area contributed by atoms with Gasteiger partial charge >= 0.3 is 0 Å². The highest BCUT2D eigenvalue weighted by Crippen LogP contribution is 2.27. The number of amides is 2. The minimum Gasteiger partial charge on any atom is -0.349 e. The maximum atomic E-state index is 12.3. The molecule has 2 aromatic rings. The molecule has 2 amide bonds. The van der Waals surface area contributed by atoms with Crippen LogP contribution in [0.15, 0.2) is 18.2 Å². The molecule has 138 valence electrons. The molecule has 1 aromatic carbocycles. The lowest BCUT2D eigenvalue weighted by atomic mass is 10.0. The Bertz CT molecular complexity index is 854. The zero-order valence-corrected chi connectivity index (χ0v) is 15.4. The first-order chi connectivity index (χ1) is 12.4. The average Bonchev–Trinajstić information content (AvgIpc) is 3.13. The number of aryl methyl sites for hydroxylation is 1. The SMILES string of the molecule is CN(C)C(=O)C1CC(=O)N(C2CN(Cc3ccc4c(c3)nnn4C)C2)C1. The molecule has 1 atom stereocenters. The van der Waals surface area contributed by atoms with Crippen LogP contribution in [0, 0.1) is 5.92 Å². The predicted molar refractivity (Wildman–Crippen MR) is 96.1 cm³/mol. The number of rotatable bonds is 4. The zero-order chi connectivity index (χ0) is 18.4. The number of hydrogen-bond donors (Lipinski definition) is 0. The van der Waals surface area contributed by atoms with Crippen LogP contribution >= 0.6 is 0 Å². The predicted octanol–water partition coefficient (Wildman–Crippen LogP) is 0.0892. The van der Waals surface area contributed by atoms with E-state index in [1.807, 2.05) is 18.0 Å². The van der Waals surface area contributed by atoms with Gasteiger partial charge in [-0.3, -0.25) is 14.5 Å². The number of hydrogen-bond acceptors (Lipinski definition) is 5. The maximum absolute atomic E-state index is 12.3. The Labute approximate surface area is 152 Å². The summed E-state index contributed by atoms with van der Waals surface area (Å²) in [5.74, 6) is -0.0317. The average molecular weight is 356 g/mol. The van der Waals surface area contributed by atoms with Crippen LogP contribution < -0.4 is 0 Å². The summed E-state index contributed by atoms with van der Waals surface area (Å²) in [6.07, 6.45) is 0.344. The van der Waals surface area contributed by atoms with E-state index >= 15 is 0 Å². The number of carbonyl (C=O) groups is 2. The van der Waals surface area contributed by atoms with Crippen molar-refractivity contribution >= 4 is 22.8 Å². The van der Waals surface area contributed by atoms with Crippen molar-refractivity contribution in [3.8, 4) is 0 Å². The van der Waals surface area contributed by atoms with E-state index in [0.29, 0.717) is 13.0 Å². The van der Waals surface area contributed by atoms with Gasteiger partial charge < -0.3 is 9.80 Å². The van der Waals surface area contributed by atoms with Crippen molar-refractivity contribution in [1.82, 2.24) is 29.7 Å². The van der Waals surface area contributed by atoms with E-state index < -0.39 is 0 Å². The van der Waals surface area contributed by atoms with Gasteiger partial charge in [-0.2, -0.15) is 0 Å². The fraction of sp³-hybridized carbons (Fsp3) is 0.556.